The Balaban J connectivity index is 1.64. The van der Waals surface area contributed by atoms with E-state index in [1.54, 1.807) is 40.7 Å². The molecule has 1 fully saturated rings. The minimum absolute atomic E-state index is 0.0130. The van der Waals surface area contributed by atoms with Crippen LogP contribution in [0.5, 0.6) is 5.75 Å². The fourth-order valence-corrected chi connectivity index (χ4v) is 12.0. The van der Waals surface area contributed by atoms with E-state index in [1.807, 2.05) is 0 Å². The van der Waals surface area contributed by atoms with Gasteiger partial charge >= 0.3 is 5.97 Å². The maximum Gasteiger partial charge on any atom is 0.306 e. The summed E-state index contributed by atoms with van der Waals surface area (Å²) >= 11 is 0. The Morgan fingerprint density at radius 1 is 0.909 bits per heavy atom. The van der Waals surface area contributed by atoms with Gasteiger partial charge in [0.05, 0.1) is 72.1 Å². The lowest BCUT2D eigenvalue weighted by molar-refractivity contribution is -0.168. The smallest absolute Gasteiger partial charge is 0.306 e. The zero-order valence-corrected chi connectivity index (χ0v) is 45.2. The van der Waals surface area contributed by atoms with Crippen molar-refractivity contribution in [1.29, 1.82) is 0 Å². The number of hydrogen-bond donors (Lipinski definition) is 10. The molecule has 4 aliphatic heterocycles. The number of esters is 1. The zero-order chi connectivity index (χ0) is 56.7. The molecule has 77 heavy (non-hydrogen) atoms. The third-order valence-corrected chi connectivity index (χ3v) is 16.2. The number of unbranched alkanes of at least 4 members (excludes halogenated alkanes) is 2. The van der Waals surface area contributed by atoms with Gasteiger partial charge < -0.3 is 62.1 Å². The van der Waals surface area contributed by atoms with Gasteiger partial charge in [0.1, 0.15) is 22.4 Å². The minimum Gasteiger partial charge on any atom is -0.465 e. The van der Waals surface area contributed by atoms with Crippen molar-refractivity contribution in [3.8, 4) is 5.75 Å². The molecule has 0 spiro atoms. The second-order valence-electron chi connectivity index (χ2n) is 21.8. The van der Waals surface area contributed by atoms with Gasteiger partial charge in [0.15, 0.2) is 17.3 Å². The molecule has 5 heterocycles. The van der Waals surface area contributed by atoms with Gasteiger partial charge in [-0.3, -0.25) is 52.2 Å². The van der Waals surface area contributed by atoms with E-state index in [0.717, 1.165) is 0 Å². The maximum atomic E-state index is 16.0. The maximum absolute atomic E-state index is 16.0. The summed E-state index contributed by atoms with van der Waals surface area (Å²) < 4.78 is 27.4. The van der Waals surface area contributed by atoms with Crippen LogP contribution in [0.25, 0.3) is 10.9 Å². The van der Waals surface area contributed by atoms with Gasteiger partial charge in [0.25, 0.3) is 0 Å². The highest BCUT2D eigenvalue weighted by Crippen LogP contribution is 2.41. The van der Waals surface area contributed by atoms with Crippen LogP contribution in [0, 0.1) is 23.7 Å². The summed E-state index contributed by atoms with van der Waals surface area (Å²) in [6.07, 6.45) is -5.42. The summed E-state index contributed by atoms with van der Waals surface area (Å²) in [6.45, 7) is 7.23. The first-order valence-electron chi connectivity index (χ1n) is 26.3. The average Bonchev–Trinajstić information content (AvgIpc) is 4.00. The summed E-state index contributed by atoms with van der Waals surface area (Å²) in [5.74, 6) is -14.2. The van der Waals surface area contributed by atoms with E-state index in [1.165, 1.54) is 24.0 Å². The average molecular weight is 1100 g/mol. The first-order chi connectivity index (χ1) is 36.2. The first-order valence-corrected chi connectivity index (χ1v) is 27.6. The van der Waals surface area contributed by atoms with Gasteiger partial charge in [-0.2, -0.15) is 0 Å². The van der Waals surface area contributed by atoms with Crippen LogP contribution in [-0.2, 0) is 69.9 Å². The normalized spacial score (nSPS) is 28.7. The van der Waals surface area contributed by atoms with Crippen molar-refractivity contribution in [3.63, 3.8) is 0 Å². The van der Waals surface area contributed by atoms with Crippen molar-refractivity contribution in [2.24, 2.45) is 29.4 Å². The largest absolute Gasteiger partial charge is 0.465 e. The number of primary amides is 1. The number of H-pyrrole nitrogens is 1. The molecule has 4 unspecified atom stereocenters. The standard InChI is InChI=1S/C52H74N8O16S/c1-7-26(2)44-49(73)55-21-41(67)56-35-25-77(74)50-33-15-29(47(71)54-22-42(68)58-44)17-38(64)45(27(3)39(65)24-61)59-48(72)36-19-30(62)23-60(36)52(46(70)28(16-37(35)63)18-40(53)66,75-31-12-13-32(33)34(20-31)57-50)14-10-8-9-11-43(69)76-51(4,5)6/h12-13,20,26-30,35-36,39,44-45,57,61-62,65H,7-11,14-19,21-25H2,1-6H3,(H2,53,66)(H,54,71)(H,55,73)(H,56,67)(H,58,68)(H,59,72)/t26-,27-,28-,29?,30?,35?,36-,39-,44-,45-,52?,77+/m0/s1. The monoisotopic (exact) mass is 1100 g/mol. The van der Waals surface area contributed by atoms with Gasteiger partial charge in [0, 0.05) is 67.9 Å². The topological polar surface area (TPSA) is 372 Å². The molecule has 1 aromatic heterocycles. The summed E-state index contributed by atoms with van der Waals surface area (Å²) in [7, 11) is -2.31. The molecule has 6 amide bonds. The number of carbonyl (C=O) groups is 10. The van der Waals surface area contributed by atoms with E-state index in [9.17, 15) is 57.9 Å². The van der Waals surface area contributed by atoms with Gasteiger partial charge in [-0.1, -0.05) is 33.6 Å². The summed E-state index contributed by atoms with van der Waals surface area (Å²) in [6, 6.07) is -1.65. The third-order valence-electron chi connectivity index (χ3n) is 14.8. The van der Waals surface area contributed by atoms with Gasteiger partial charge in [-0.15, -0.1) is 0 Å². The number of aliphatic hydroxyl groups excluding tert-OH is 3. The van der Waals surface area contributed by atoms with Crippen LogP contribution in [0.3, 0.4) is 0 Å². The van der Waals surface area contributed by atoms with Gasteiger partial charge in [-0.05, 0) is 70.1 Å². The van der Waals surface area contributed by atoms with Crippen LogP contribution in [0.1, 0.15) is 111 Å². The molecule has 1 aromatic carbocycles. The molecule has 11 N–H and O–H groups in total. The second kappa shape index (κ2) is 25.5. The number of ether oxygens (including phenoxy) is 2. The van der Waals surface area contributed by atoms with E-state index < -0.39 is 199 Å². The Bertz CT molecular complexity index is 2640. The molecular weight excluding hydrogens is 1020 g/mol. The molecular formula is C52H74N8O16S. The number of benzene rings is 1. The van der Waals surface area contributed by atoms with E-state index in [4.69, 9.17) is 15.2 Å². The van der Waals surface area contributed by atoms with Gasteiger partial charge in [0.2, 0.25) is 41.2 Å². The van der Waals surface area contributed by atoms with E-state index in [-0.39, 0.29) is 60.4 Å². The number of nitrogens with two attached hydrogens (primary N) is 1. The van der Waals surface area contributed by atoms with Gasteiger partial charge in [-0.25, -0.2) is 4.90 Å². The van der Waals surface area contributed by atoms with Crippen LogP contribution in [0.15, 0.2) is 23.2 Å². The molecule has 0 saturated carbocycles. The predicted molar refractivity (Wildman–Crippen MR) is 275 cm³/mol. The number of aromatic nitrogens is 1. The van der Waals surface area contributed by atoms with Crippen molar-refractivity contribution < 1.29 is 76.9 Å². The SMILES string of the molecule is CC[C@H](C)[C@@H]1NC(=O)CNC(=O)C2CC(=O)[C@H]([C@@H](C)[C@@H](O)CO)NC(=O)[C@@H]3CC(O)CN3C3(CCCCCC(=O)OC(C)(C)C)Oc4ccc5c(c([nH]c5c4)[S@](=O)CC(NC(=O)CNC1=O)C(=O)C[C@@H](CC(N)=O)C3=O)C2. The number of aliphatic hydroxyl groups is 3. The van der Waals surface area contributed by atoms with Crippen molar-refractivity contribution in [1.82, 2.24) is 36.5 Å². The number of rotatable bonds is 13. The molecule has 12 atom stereocenters. The number of fused-ring (bicyclic) bond motifs is 7. The van der Waals surface area contributed by atoms with Crippen molar-refractivity contribution >= 4 is 80.5 Å². The Hall–Kier alpha value is -6.15. The number of carbonyl (C=O) groups excluding carboxylic acids is 10. The van der Waals surface area contributed by atoms with E-state index in [2.05, 4.69) is 31.6 Å². The minimum atomic E-state index is -2.38. The van der Waals surface area contributed by atoms with Crippen LogP contribution in [-0.4, -0.2) is 168 Å². The third kappa shape index (κ3) is 14.7. The lowest BCUT2D eigenvalue weighted by Gasteiger charge is -2.45. The molecule has 1 saturated heterocycles. The molecule has 0 aliphatic carbocycles. The number of aromatic amines is 1. The summed E-state index contributed by atoms with van der Waals surface area (Å²) in [5, 5.41) is 45.9. The molecule has 6 rings (SSSR count). The first kappa shape index (κ1) is 60.1. The number of Topliss-reactive ketones (excluding diaryl/α,β-unsaturated/α-hetero) is 3. The molecule has 25 heteroatoms. The van der Waals surface area contributed by atoms with E-state index >= 15 is 9.59 Å². The van der Waals surface area contributed by atoms with Crippen LogP contribution < -0.4 is 37.1 Å². The lowest BCUT2D eigenvalue weighted by Crippen LogP contribution is -2.65. The highest BCUT2D eigenvalue weighted by Gasteiger charge is 2.57. The molecule has 4 aliphatic rings. The molecule has 8 bridgehead atoms. The number of hydrogen-bond acceptors (Lipinski definition) is 17. The number of nitrogens with one attached hydrogen (secondary N) is 6. The van der Waals surface area contributed by atoms with Crippen molar-refractivity contribution in [2.75, 3.05) is 32.0 Å². The molecule has 0 radical (unpaired) electrons. The molecule has 24 nitrogen and oxygen atoms in total. The van der Waals surface area contributed by atoms with Crippen LogP contribution in [0.2, 0.25) is 0 Å². The lowest BCUT2D eigenvalue weighted by atomic mass is 9.82. The highest BCUT2D eigenvalue weighted by atomic mass is 32.2. The Morgan fingerprint density at radius 2 is 1.60 bits per heavy atom. The second-order valence-corrected chi connectivity index (χ2v) is 23.2. The summed E-state index contributed by atoms with van der Waals surface area (Å²) in [5.41, 5.74) is 3.09. The highest BCUT2D eigenvalue weighted by molar-refractivity contribution is 7.85. The van der Waals surface area contributed by atoms with Crippen LogP contribution in [0.4, 0.5) is 0 Å². The predicted octanol–water partition coefficient (Wildman–Crippen LogP) is -1.02. The van der Waals surface area contributed by atoms with Crippen LogP contribution >= 0.6 is 0 Å². The number of nitrogens with zero attached hydrogens (tertiary/aromatic N) is 1. The molecule has 424 valence electrons. The molecule has 2 aromatic rings. The Labute approximate surface area is 448 Å². The van der Waals surface area contributed by atoms with Crippen molar-refractivity contribution in [3.05, 3.63) is 23.8 Å². The number of amides is 6. The summed E-state index contributed by atoms with van der Waals surface area (Å²) in [4.78, 5) is 147. The van der Waals surface area contributed by atoms with Crippen molar-refractivity contribution in [2.45, 2.75) is 165 Å². The zero-order valence-electron chi connectivity index (χ0n) is 44.4. The fraction of sp³-hybridized carbons (Fsp3) is 0.654. The Kier molecular flexibility index (Phi) is 19.9. The fourth-order valence-electron chi connectivity index (χ4n) is 10.5. The Morgan fingerprint density at radius 3 is 2.26 bits per heavy atom. The quantitative estimate of drug-likeness (QED) is 0.0848. The number of ketones is 3. The van der Waals surface area contributed by atoms with E-state index in [0.29, 0.717) is 11.8 Å².